The van der Waals surface area contributed by atoms with Crippen LogP contribution in [0.1, 0.15) is 51.9 Å². The van der Waals surface area contributed by atoms with Crippen molar-refractivity contribution in [2.24, 2.45) is 0 Å². The van der Waals surface area contributed by atoms with Gasteiger partial charge in [-0.15, -0.1) is 0 Å². The van der Waals surface area contributed by atoms with Crippen LogP contribution in [0, 0.1) is 0 Å². The smallest absolute Gasteiger partial charge is 0.244 e. The Morgan fingerprint density at radius 2 is 1.85 bits per heavy atom. The number of hydrogen-bond donors (Lipinski definition) is 2. The van der Waals surface area contributed by atoms with E-state index < -0.39 is 0 Å². The van der Waals surface area contributed by atoms with E-state index >= 15 is 0 Å². The van der Waals surface area contributed by atoms with E-state index in [4.69, 9.17) is 0 Å². The minimum absolute atomic E-state index is 0.0921. The zero-order chi connectivity index (χ0) is 9.94. The Morgan fingerprint density at radius 3 is 2.46 bits per heavy atom. The van der Waals surface area contributed by atoms with Crippen LogP contribution in [0.4, 0.5) is 0 Å². The van der Waals surface area contributed by atoms with Gasteiger partial charge in [-0.25, -0.2) is 9.76 Å². The summed E-state index contributed by atoms with van der Waals surface area (Å²) in [6.45, 7) is 2.19. The first-order valence-corrected chi connectivity index (χ1v) is 5.27. The van der Waals surface area contributed by atoms with Crippen molar-refractivity contribution >= 4 is 18.8 Å². The molecule has 0 saturated heterocycles. The van der Waals surface area contributed by atoms with Crippen LogP contribution in [0.3, 0.4) is 0 Å². The number of amides is 1. The Bertz CT molecular complexity index is 131. The van der Waals surface area contributed by atoms with Crippen LogP contribution >= 0.6 is 12.9 Å². The van der Waals surface area contributed by atoms with E-state index in [1.807, 2.05) is 0 Å². The summed E-state index contributed by atoms with van der Waals surface area (Å²) in [5.41, 5.74) is 2.17. The van der Waals surface area contributed by atoms with Crippen molar-refractivity contribution in [1.29, 1.82) is 0 Å². The minimum atomic E-state index is -0.0921. The number of rotatable bonds is 8. The molecule has 0 saturated carbocycles. The van der Waals surface area contributed by atoms with E-state index in [-0.39, 0.29) is 5.91 Å². The average Bonchev–Trinajstić information content (AvgIpc) is 2.11. The Labute approximate surface area is 85.8 Å². The Morgan fingerprint density at radius 1 is 1.23 bits per heavy atom. The Balaban J connectivity index is 3.02. The first-order valence-electron chi connectivity index (χ1n) is 4.90. The van der Waals surface area contributed by atoms with Gasteiger partial charge in [-0.3, -0.25) is 4.79 Å². The molecule has 1 N–H and O–H groups in total. The van der Waals surface area contributed by atoms with E-state index in [2.05, 4.69) is 29.6 Å². The molecule has 0 aromatic rings. The van der Waals surface area contributed by atoms with Crippen molar-refractivity contribution in [3.8, 4) is 0 Å². The molecule has 13 heavy (non-hydrogen) atoms. The first kappa shape index (κ1) is 12.8. The SMILES string of the molecule is CCCCCCCCC(=O)NOS. The normalized spacial score (nSPS) is 10.0. The van der Waals surface area contributed by atoms with Gasteiger partial charge in [0.2, 0.25) is 5.91 Å². The van der Waals surface area contributed by atoms with E-state index in [0.29, 0.717) is 6.42 Å². The third kappa shape index (κ3) is 9.70. The van der Waals surface area contributed by atoms with Gasteiger partial charge in [0.25, 0.3) is 0 Å². The second-order valence-corrected chi connectivity index (χ2v) is 3.32. The fourth-order valence-corrected chi connectivity index (χ4v) is 1.27. The standard InChI is InChI=1S/C9H19NO2S/c1-2-3-4-5-6-7-8-9(11)10-12-13/h13H,2-8H2,1H3,(H,10,11). The highest BCUT2D eigenvalue weighted by molar-refractivity contribution is 7.75. The summed E-state index contributed by atoms with van der Waals surface area (Å²) in [6, 6.07) is 0. The summed E-state index contributed by atoms with van der Waals surface area (Å²) in [6.07, 6.45) is 7.66. The Hall–Kier alpha value is -0.220. The van der Waals surface area contributed by atoms with Gasteiger partial charge in [-0.2, -0.15) is 0 Å². The van der Waals surface area contributed by atoms with Crippen LogP contribution in [-0.2, 0) is 9.08 Å². The quantitative estimate of drug-likeness (QED) is 0.277. The molecule has 0 unspecified atom stereocenters. The fraction of sp³-hybridized carbons (Fsp3) is 0.889. The molecule has 0 aromatic heterocycles. The largest absolute Gasteiger partial charge is 0.273 e. The highest BCUT2D eigenvalue weighted by atomic mass is 32.1. The van der Waals surface area contributed by atoms with E-state index in [9.17, 15) is 4.79 Å². The van der Waals surface area contributed by atoms with Crippen molar-refractivity contribution in [3.05, 3.63) is 0 Å². The van der Waals surface area contributed by atoms with Crippen LogP contribution in [-0.4, -0.2) is 5.91 Å². The molecule has 0 bridgehead atoms. The molecule has 78 valence electrons. The molecule has 0 aliphatic carbocycles. The van der Waals surface area contributed by atoms with Crippen molar-refractivity contribution in [2.75, 3.05) is 0 Å². The van der Waals surface area contributed by atoms with Gasteiger partial charge in [-0.1, -0.05) is 39.0 Å². The summed E-state index contributed by atoms with van der Waals surface area (Å²) in [5, 5.41) is 0. The lowest BCUT2D eigenvalue weighted by molar-refractivity contribution is -0.127. The third-order valence-electron chi connectivity index (χ3n) is 1.92. The van der Waals surface area contributed by atoms with Gasteiger partial charge in [0, 0.05) is 19.3 Å². The average molecular weight is 205 g/mol. The highest BCUT2D eigenvalue weighted by Gasteiger charge is 1.98. The third-order valence-corrected chi connectivity index (χ3v) is 2.01. The van der Waals surface area contributed by atoms with E-state index in [0.717, 1.165) is 12.8 Å². The molecule has 0 spiro atoms. The van der Waals surface area contributed by atoms with Crippen molar-refractivity contribution < 1.29 is 9.08 Å². The molecular formula is C9H19NO2S. The molecule has 4 heteroatoms. The number of thiol groups is 1. The summed E-state index contributed by atoms with van der Waals surface area (Å²) < 4.78 is 4.19. The molecule has 0 heterocycles. The van der Waals surface area contributed by atoms with Crippen molar-refractivity contribution in [3.63, 3.8) is 0 Å². The van der Waals surface area contributed by atoms with E-state index in [1.54, 1.807) is 0 Å². The topological polar surface area (TPSA) is 38.3 Å². The number of hydrogen-bond acceptors (Lipinski definition) is 3. The fourth-order valence-electron chi connectivity index (χ4n) is 1.17. The predicted molar refractivity (Wildman–Crippen MR) is 56.2 cm³/mol. The molecule has 3 nitrogen and oxygen atoms in total. The molecule has 0 aliphatic heterocycles. The second kappa shape index (κ2) is 9.86. The van der Waals surface area contributed by atoms with Gasteiger partial charge in [-0.05, 0) is 6.42 Å². The summed E-state index contributed by atoms with van der Waals surface area (Å²) in [4.78, 5) is 10.8. The summed E-state index contributed by atoms with van der Waals surface area (Å²) >= 11 is 3.42. The maximum absolute atomic E-state index is 10.8. The molecular weight excluding hydrogens is 186 g/mol. The minimum Gasteiger partial charge on any atom is -0.273 e. The maximum atomic E-state index is 10.8. The molecule has 0 rings (SSSR count). The van der Waals surface area contributed by atoms with E-state index in [1.165, 1.54) is 25.7 Å². The zero-order valence-electron chi connectivity index (χ0n) is 8.21. The molecule has 1 amide bonds. The summed E-state index contributed by atoms with van der Waals surface area (Å²) in [7, 11) is 0. The lowest BCUT2D eigenvalue weighted by Gasteiger charge is -2.00. The number of carbonyl (C=O) groups excluding carboxylic acids is 1. The first-order chi connectivity index (χ1) is 6.31. The lowest BCUT2D eigenvalue weighted by Crippen LogP contribution is -2.19. The number of unbranched alkanes of at least 4 members (excludes halogenated alkanes) is 5. The number of hydroxylamine groups is 1. The van der Waals surface area contributed by atoms with Crippen LogP contribution in [0.25, 0.3) is 0 Å². The molecule has 0 fully saturated rings. The van der Waals surface area contributed by atoms with Gasteiger partial charge in [0.05, 0.1) is 0 Å². The van der Waals surface area contributed by atoms with Gasteiger partial charge < -0.3 is 0 Å². The molecule has 0 atom stereocenters. The number of nitrogens with one attached hydrogen (secondary N) is 1. The molecule has 0 aromatic carbocycles. The van der Waals surface area contributed by atoms with Gasteiger partial charge >= 0.3 is 0 Å². The number of carbonyl (C=O) groups is 1. The van der Waals surface area contributed by atoms with Crippen molar-refractivity contribution in [1.82, 2.24) is 5.48 Å². The Kier molecular flexibility index (Phi) is 9.70. The molecule has 0 aliphatic rings. The molecule has 0 radical (unpaired) electrons. The van der Waals surface area contributed by atoms with Crippen LogP contribution in [0.15, 0.2) is 0 Å². The predicted octanol–water partition coefficient (Wildman–Crippen LogP) is 2.63. The van der Waals surface area contributed by atoms with Crippen LogP contribution in [0.5, 0.6) is 0 Å². The lowest BCUT2D eigenvalue weighted by atomic mass is 10.1. The van der Waals surface area contributed by atoms with Crippen LogP contribution in [0.2, 0.25) is 0 Å². The van der Waals surface area contributed by atoms with Crippen molar-refractivity contribution in [2.45, 2.75) is 51.9 Å². The van der Waals surface area contributed by atoms with Crippen LogP contribution < -0.4 is 5.48 Å². The second-order valence-electron chi connectivity index (χ2n) is 3.13. The zero-order valence-corrected chi connectivity index (χ0v) is 9.11. The van der Waals surface area contributed by atoms with Gasteiger partial charge in [0.15, 0.2) is 0 Å². The van der Waals surface area contributed by atoms with Gasteiger partial charge in [0.1, 0.15) is 0 Å². The summed E-state index contributed by atoms with van der Waals surface area (Å²) in [5.74, 6) is -0.0921. The monoisotopic (exact) mass is 205 g/mol. The maximum Gasteiger partial charge on any atom is 0.244 e. The highest BCUT2D eigenvalue weighted by Crippen LogP contribution is 2.06.